The Hall–Kier alpha value is -1.53. The van der Waals surface area contributed by atoms with Crippen LogP contribution >= 0.6 is 24.0 Å². The molecule has 1 aliphatic rings. The number of amides is 1. The standard InChI is InChI=1S/C12H11NO3S2/c1-2-16-7-10-11(15)13(12(17)18-10)8-4-3-5-9(14)6-8/h3-7,14H,2H2,1H3. The Labute approximate surface area is 114 Å². The average molecular weight is 281 g/mol. The number of ether oxygens (including phenoxy) is 1. The Bertz CT molecular complexity index is 528. The maximum Gasteiger partial charge on any atom is 0.273 e. The number of hydrogen-bond acceptors (Lipinski definition) is 5. The van der Waals surface area contributed by atoms with Gasteiger partial charge in [-0.1, -0.05) is 30.0 Å². The summed E-state index contributed by atoms with van der Waals surface area (Å²) in [5.74, 6) is -0.139. The number of anilines is 1. The minimum absolute atomic E-state index is 0.0929. The molecule has 2 rings (SSSR count). The van der Waals surface area contributed by atoms with Crippen LogP contribution in [0.5, 0.6) is 5.75 Å². The number of nitrogens with zero attached hydrogens (tertiary/aromatic N) is 1. The number of phenolic OH excluding ortho intramolecular Hbond substituents is 1. The number of benzene rings is 1. The minimum atomic E-state index is -0.232. The van der Waals surface area contributed by atoms with Crippen molar-refractivity contribution in [3.8, 4) is 5.75 Å². The summed E-state index contributed by atoms with van der Waals surface area (Å²) < 4.78 is 5.53. The number of carbonyl (C=O) groups is 1. The molecule has 1 aromatic rings. The highest BCUT2D eigenvalue weighted by atomic mass is 32.2. The number of phenols is 1. The van der Waals surface area contributed by atoms with E-state index in [1.807, 2.05) is 6.92 Å². The fourth-order valence-corrected chi connectivity index (χ4v) is 2.68. The molecule has 1 amide bonds. The molecule has 6 heteroatoms. The lowest BCUT2D eigenvalue weighted by Gasteiger charge is -2.14. The summed E-state index contributed by atoms with van der Waals surface area (Å²) in [5.41, 5.74) is 0.553. The quantitative estimate of drug-likeness (QED) is 0.524. The van der Waals surface area contributed by atoms with Crippen LogP contribution in [0, 0.1) is 0 Å². The number of rotatable bonds is 3. The molecule has 1 fully saturated rings. The topological polar surface area (TPSA) is 49.8 Å². The van der Waals surface area contributed by atoms with Crippen LogP contribution in [0.2, 0.25) is 0 Å². The van der Waals surface area contributed by atoms with Gasteiger partial charge in [0.05, 0.1) is 12.3 Å². The maximum atomic E-state index is 12.1. The first-order chi connectivity index (χ1) is 8.63. The van der Waals surface area contributed by atoms with E-state index >= 15 is 0 Å². The van der Waals surface area contributed by atoms with Gasteiger partial charge < -0.3 is 9.84 Å². The van der Waals surface area contributed by atoms with Crippen molar-refractivity contribution in [2.24, 2.45) is 0 Å². The molecule has 0 unspecified atom stereocenters. The summed E-state index contributed by atoms with van der Waals surface area (Å²) in [5, 5.41) is 9.43. The predicted octanol–water partition coefficient (Wildman–Crippen LogP) is 2.63. The molecule has 1 aromatic carbocycles. The van der Waals surface area contributed by atoms with E-state index < -0.39 is 0 Å². The number of aromatic hydroxyl groups is 1. The fraction of sp³-hybridized carbons (Fsp3) is 0.167. The summed E-state index contributed by atoms with van der Waals surface area (Å²) in [6.07, 6.45) is 1.42. The lowest BCUT2D eigenvalue weighted by Crippen LogP contribution is -2.27. The zero-order valence-corrected chi connectivity index (χ0v) is 11.3. The molecule has 0 aliphatic carbocycles. The van der Waals surface area contributed by atoms with E-state index in [4.69, 9.17) is 17.0 Å². The summed E-state index contributed by atoms with van der Waals surface area (Å²) in [6.45, 7) is 2.34. The Morgan fingerprint density at radius 2 is 2.33 bits per heavy atom. The third-order valence-electron chi connectivity index (χ3n) is 2.24. The highest BCUT2D eigenvalue weighted by Gasteiger charge is 2.33. The van der Waals surface area contributed by atoms with Gasteiger partial charge in [-0.3, -0.25) is 9.69 Å². The predicted molar refractivity (Wildman–Crippen MR) is 75.5 cm³/mol. The molecule has 18 heavy (non-hydrogen) atoms. The second-order valence-electron chi connectivity index (χ2n) is 3.47. The van der Waals surface area contributed by atoms with Gasteiger partial charge in [0.15, 0.2) is 4.32 Å². The van der Waals surface area contributed by atoms with Crippen LogP contribution in [0.3, 0.4) is 0 Å². The molecule has 1 heterocycles. The summed E-state index contributed by atoms with van der Waals surface area (Å²) >= 11 is 6.35. The first kappa shape index (κ1) is 12.9. The van der Waals surface area contributed by atoms with Crippen LogP contribution in [0.4, 0.5) is 5.69 Å². The van der Waals surface area contributed by atoms with Gasteiger partial charge in [-0.2, -0.15) is 0 Å². The number of carbonyl (C=O) groups excluding carboxylic acids is 1. The molecular formula is C12H11NO3S2. The van der Waals surface area contributed by atoms with Crippen molar-refractivity contribution in [3.63, 3.8) is 0 Å². The molecule has 1 saturated heterocycles. The van der Waals surface area contributed by atoms with Gasteiger partial charge in [0.2, 0.25) is 0 Å². The fourth-order valence-electron chi connectivity index (χ4n) is 1.46. The molecule has 0 aromatic heterocycles. The molecule has 1 N–H and O–H groups in total. The van der Waals surface area contributed by atoms with Crippen LogP contribution < -0.4 is 4.90 Å². The normalized spacial score (nSPS) is 17.6. The van der Waals surface area contributed by atoms with E-state index in [2.05, 4.69) is 0 Å². The highest BCUT2D eigenvalue weighted by Crippen LogP contribution is 2.35. The van der Waals surface area contributed by atoms with Gasteiger partial charge in [0.1, 0.15) is 16.9 Å². The largest absolute Gasteiger partial charge is 0.508 e. The number of thioether (sulfide) groups is 1. The van der Waals surface area contributed by atoms with Crippen molar-refractivity contribution in [1.29, 1.82) is 0 Å². The van der Waals surface area contributed by atoms with E-state index in [0.29, 0.717) is 21.5 Å². The van der Waals surface area contributed by atoms with Crippen molar-refractivity contribution >= 4 is 39.9 Å². The Balaban J connectivity index is 2.30. The van der Waals surface area contributed by atoms with E-state index in [-0.39, 0.29) is 11.7 Å². The van der Waals surface area contributed by atoms with E-state index in [0.717, 1.165) is 0 Å². The monoisotopic (exact) mass is 281 g/mol. The van der Waals surface area contributed by atoms with Crippen LogP contribution in [-0.4, -0.2) is 21.9 Å². The molecule has 0 saturated carbocycles. The summed E-state index contributed by atoms with van der Waals surface area (Å²) in [6, 6.07) is 6.41. The molecule has 0 atom stereocenters. The van der Waals surface area contributed by atoms with Crippen LogP contribution in [-0.2, 0) is 9.53 Å². The second kappa shape index (κ2) is 5.41. The zero-order chi connectivity index (χ0) is 13.1. The van der Waals surface area contributed by atoms with Crippen LogP contribution in [0.25, 0.3) is 0 Å². The van der Waals surface area contributed by atoms with Crippen LogP contribution in [0.15, 0.2) is 35.4 Å². The first-order valence-corrected chi connectivity index (χ1v) is 6.53. The van der Waals surface area contributed by atoms with E-state index in [1.165, 1.54) is 35.1 Å². The molecule has 0 radical (unpaired) electrons. The Morgan fingerprint density at radius 3 is 3.00 bits per heavy atom. The van der Waals surface area contributed by atoms with Crippen molar-refractivity contribution < 1.29 is 14.6 Å². The molecule has 0 bridgehead atoms. The van der Waals surface area contributed by atoms with Gasteiger partial charge in [-0.25, -0.2) is 0 Å². The molecule has 0 spiro atoms. The summed E-state index contributed by atoms with van der Waals surface area (Å²) in [4.78, 5) is 13.9. The SMILES string of the molecule is CCOC=C1SC(=S)N(c2cccc(O)c2)C1=O. The second-order valence-corrected chi connectivity index (χ2v) is 5.14. The van der Waals surface area contributed by atoms with Crippen molar-refractivity contribution in [2.75, 3.05) is 11.5 Å². The van der Waals surface area contributed by atoms with Gasteiger partial charge in [0, 0.05) is 6.07 Å². The number of hydrogen-bond donors (Lipinski definition) is 1. The summed E-state index contributed by atoms with van der Waals surface area (Å²) in [7, 11) is 0. The first-order valence-electron chi connectivity index (χ1n) is 5.30. The van der Waals surface area contributed by atoms with Crippen molar-refractivity contribution in [3.05, 3.63) is 35.4 Å². The lowest BCUT2D eigenvalue weighted by molar-refractivity contribution is -0.113. The van der Waals surface area contributed by atoms with Crippen LogP contribution in [0.1, 0.15) is 6.92 Å². The van der Waals surface area contributed by atoms with Gasteiger partial charge in [-0.05, 0) is 19.1 Å². The van der Waals surface area contributed by atoms with E-state index in [1.54, 1.807) is 12.1 Å². The molecular weight excluding hydrogens is 270 g/mol. The smallest absolute Gasteiger partial charge is 0.273 e. The minimum Gasteiger partial charge on any atom is -0.508 e. The molecule has 94 valence electrons. The third-order valence-corrected chi connectivity index (χ3v) is 3.52. The number of thiocarbonyl (C=S) groups is 1. The van der Waals surface area contributed by atoms with E-state index in [9.17, 15) is 9.90 Å². The van der Waals surface area contributed by atoms with Gasteiger partial charge >= 0.3 is 0 Å². The van der Waals surface area contributed by atoms with Crippen molar-refractivity contribution in [1.82, 2.24) is 0 Å². The lowest BCUT2D eigenvalue weighted by atomic mass is 10.3. The Morgan fingerprint density at radius 1 is 1.56 bits per heavy atom. The highest BCUT2D eigenvalue weighted by molar-refractivity contribution is 8.27. The maximum absolute atomic E-state index is 12.1. The molecule has 4 nitrogen and oxygen atoms in total. The zero-order valence-electron chi connectivity index (χ0n) is 9.62. The van der Waals surface area contributed by atoms with Gasteiger partial charge in [0.25, 0.3) is 5.91 Å². The molecule has 1 aliphatic heterocycles. The third kappa shape index (κ3) is 2.49. The van der Waals surface area contributed by atoms with Gasteiger partial charge in [-0.15, -0.1) is 0 Å². The Kier molecular flexibility index (Phi) is 3.88. The average Bonchev–Trinajstić information content (AvgIpc) is 2.62. The van der Waals surface area contributed by atoms with Crippen molar-refractivity contribution in [2.45, 2.75) is 6.92 Å².